The fourth-order valence-electron chi connectivity index (χ4n) is 2.66. The van der Waals surface area contributed by atoms with Gasteiger partial charge in [-0.3, -0.25) is 9.36 Å². The van der Waals surface area contributed by atoms with Crippen molar-refractivity contribution in [1.82, 2.24) is 0 Å². The van der Waals surface area contributed by atoms with E-state index in [2.05, 4.69) is 0 Å². The van der Waals surface area contributed by atoms with Crippen LogP contribution in [0.25, 0.3) is 11.1 Å². The first-order chi connectivity index (χ1) is 11.8. The first-order valence-electron chi connectivity index (χ1n) is 7.96. The lowest BCUT2D eigenvalue weighted by Gasteiger charge is -2.12. The number of aryl methyl sites for hydroxylation is 1. The van der Waals surface area contributed by atoms with Gasteiger partial charge in [-0.25, -0.2) is 0 Å². The van der Waals surface area contributed by atoms with Crippen LogP contribution in [0.4, 0.5) is 0 Å². The van der Waals surface area contributed by atoms with Crippen LogP contribution in [0, 0.1) is 0 Å². The molecule has 5 N–H and O–H groups in total. The maximum atomic E-state index is 11.0. The highest BCUT2D eigenvalue weighted by atomic mass is 35.5. The molecule has 1 atom stereocenters. The molecule has 0 heterocycles. The molecule has 142 valence electrons. The Bertz CT molecular complexity index is 775. The topological polar surface area (TPSA) is 121 Å². The van der Waals surface area contributed by atoms with Gasteiger partial charge in [0.1, 0.15) is 6.04 Å². The molecule has 2 aromatic carbocycles. The number of aliphatic carboxylic acids is 1. The maximum Gasteiger partial charge on any atom is 0.325 e. The van der Waals surface area contributed by atoms with E-state index in [9.17, 15) is 9.36 Å². The van der Waals surface area contributed by atoms with Gasteiger partial charge in [0.05, 0.1) is 6.16 Å². The van der Waals surface area contributed by atoms with Crippen molar-refractivity contribution in [3.05, 3.63) is 59.7 Å². The molecule has 0 saturated carbocycles. The average molecular weight is 400 g/mol. The summed E-state index contributed by atoms with van der Waals surface area (Å²) in [6.45, 7) is 0. The molecule has 0 bridgehead atoms. The zero-order valence-electron chi connectivity index (χ0n) is 14.1. The molecule has 0 fully saturated rings. The lowest BCUT2D eigenvalue weighted by molar-refractivity contribution is -0.138. The van der Waals surface area contributed by atoms with Crippen LogP contribution in [0.15, 0.2) is 48.5 Å². The Balaban J connectivity index is 0.00000338. The predicted octanol–water partition coefficient (Wildman–Crippen LogP) is 2.84. The zero-order valence-corrected chi connectivity index (χ0v) is 15.8. The molecule has 6 nitrogen and oxygen atoms in total. The molecule has 0 spiro atoms. The summed E-state index contributed by atoms with van der Waals surface area (Å²) in [5, 5.41) is 8.87. The van der Waals surface area contributed by atoms with E-state index >= 15 is 0 Å². The summed E-state index contributed by atoms with van der Waals surface area (Å²) in [7, 11) is -3.98. The van der Waals surface area contributed by atoms with E-state index in [1.807, 2.05) is 48.5 Å². The molecule has 0 radical (unpaired) electrons. The minimum atomic E-state index is -3.98. The van der Waals surface area contributed by atoms with Crippen LogP contribution in [0.5, 0.6) is 0 Å². The highest BCUT2D eigenvalue weighted by Crippen LogP contribution is 2.36. The van der Waals surface area contributed by atoms with Crippen LogP contribution >= 0.6 is 20.0 Å². The predicted molar refractivity (Wildman–Crippen MR) is 104 cm³/mol. The fraction of sp³-hybridized carbons (Fsp3) is 0.278. The Kier molecular flexibility index (Phi) is 8.47. The summed E-state index contributed by atoms with van der Waals surface area (Å²) in [5.41, 5.74) is 9.39. The van der Waals surface area contributed by atoms with Crippen molar-refractivity contribution in [3.63, 3.8) is 0 Å². The van der Waals surface area contributed by atoms with E-state index in [0.29, 0.717) is 12.8 Å². The average Bonchev–Trinajstić information content (AvgIpc) is 2.55. The lowest BCUT2D eigenvalue weighted by atomic mass is 9.95. The second-order valence-corrected chi connectivity index (χ2v) is 7.77. The second kappa shape index (κ2) is 9.86. The summed E-state index contributed by atoms with van der Waals surface area (Å²) < 4.78 is 11.0. The third-order valence-corrected chi connectivity index (χ3v) is 4.85. The minimum absolute atomic E-state index is 0. The van der Waals surface area contributed by atoms with Crippen LogP contribution in [-0.4, -0.2) is 33.1 Å². The zero-order chi connectivity index (χ0) is 18.4. The number of hydrogen-bond acceptors (Lipinski definition) is 3. The number of hydrogen-bond donors (Lipinski definition) is 4. The minimum Gasteiger partial charge on any atom is -0.480 e. The van der Waals surface area contributed by atoms with Crippen molar-refractivity contribution < 1.29 is 24.3 Å². The van der Waals surface area contributed by atoms with Gasteiger partial charge in [-0.2, -0.15) is 0 Å². The molecular formula is C18H23ClNO5P. The summed E-state index contributed by atoms with van der Waals surface area (Å²) in [5.74, 6) is -1.03. The largest absolute Gasteiger partial charge is 0.480 e. The van der Waals surface area contributed by atoms with Gasteiger partial charge in [0.15, 0.2) is 0 Å². The Morgan fingerprint density at radius 2 is 1.69 bits per heavy atom. The van der Waals surface area contributed by atoms with Gasteiger partial charge in [0.25, 0.3) is 0 Å². The SMILES string of the molecule is Cl.NC(Cc1ccc(-c2ccccc2CCCP(=O)(O)O)cc1)C(=O)O. The number of benzene rings is 2. The van der Waals surface area contributed by atoms with Gasteiger partial charge in [-0.1, -0.05) is 48.5 Å². The van der Waals surface area contributed by atoms with Crippen LogP contribution < -0.4 is 5.73 Å². The van der Waals surface area contributed by atoms with Crippen molar-refractivity contribution >= 4 is 26.0 Å². The summed E-state index contributed by atoms with van der Waals surface area (Å²) >= 11 is 0. The number of nitrogens with two attached hydrogens (primary N) is 1. The number of carboxylic acids is 1. The molecular weight excluding hydrogens is 377 g/mol. The number of carbonyl (C=O) groups is 1. The van der Waals surface area contributed by atoms with Crippen molar-refractivity contribution in [2.45, 2.75) is 25.3 Å². The summed E-state index contributed by atoms with van der Waals surface area (Å²) in [4.78, 5) is 28.8. The molecule has 0 aliphatic carbocycles. The summed E-state index contributed by atoms with van der Waals surface area (Å²) in [6, 6.07) is 14.3. The van der Waals surface area contributed by atoms with Crippen molar-refractivity contribution in [2.75, 3.05) is 6.16 Å². The van der Waals surface area contributed by atoms with Gasteiger partial charge < -0.3 is 20.6 Å². The molecule has 1 unspecified atom stereocenters. The van der Waals surface area contributed by atoms with E-state index in [0.717, 1.165) is 22.3 Å². The van der Waals surface area contributed by atoms with Gasteiger partial charge in [-0.15, -0.1) is 12.4 Å². The van der Waals surface area contributed by atoms with Gasteiger partial charge >= 0.3 is 13.6 Å². The highest BCUT2D eigenvalue weighted by molar-refractivity contribution is 7.51. The van der Waals surface area contributed by atoms with Crippen LogP contribution in [0.1, 0.15) is 17.5 Å². The smallest absolute Gasteiger partial charge is 0.325 e. The standard InChI is InChI=1S/C18H22NO5P.ClH/c19-17(18(20)21)12-13-7-9-15(10-8-13)16-6-2-1-4-14(16)5-3-11-25(22,23)24;/h1-2,4,6-10,17H,3,5,11-12,19H2,(H,20,21)(H2,22,23,24);1H. The highest BCUT2D eigenvalue weighted by Gasteiger charge is 2.14. The number of halogens is 1. The third kappa shape index (κ3) is 6.90. The molecule has 0 aromatic heterocycles. The Hall–Kier alpha value is -1.69. The first kappa shape index (κ1) is 22.4. The molecule has 0 amide bonds. The van der Waals surface area contributed by atoms with Crippen LogP contribution in [0.3, 0.4) is 0 Å². The maximum absolute atomic E-state index is 11.0. The molecule has 8 heteroatoms. The molecule has 2 rings (SSSR count). The third-order valence-electron chi connectivity index (χ3n) is 3.95. The fourth-order valence-corrected chi connectivity index (χ4v) is 3.23. The lowest BCUT2D eigenvalue weighted by Crippen LogP contribution is -2.32. The van der Waals surface area contributed by atoms with Crippen molar-refractivity contribution in [2.24, 2.45) is 5.73 Å². The van der Waals surface area contributed by atoms with Crippen LogP contribution in [0.2, 0.25) is 0 Å². The molecule has 0 aliphatic rings. The second-order valence-electron chi connectivity index (χ2n) is 5.99. The van der Waals surface area contributed by atoms with Crippen molar-refractivity contribution in [3.8, 4) is 11.1 Å². The molecule has 2 aromatic rings. The molecule has 26 heavy (non-hydrogen) atoms. The number of rotatable bonds is 8. The first-order valence-corrected chi connectivity index (χ1v) is 9.76. The van der Waals surface area contributed by atoms with E-state index in [1.165, 1.54) is 0 Å². The van der Waals surface area contributed by atoms with E-state index in [4.69, 9.17) is 20.6 Å². The van der Waals surface area contributed by atoms with Gasteiger partial charge in [0, 0.05) is 0 Å². The van der Waals surface area contributed by atoms with Gasteiger partial charge in [0.2, 0.25) is 0 Å². The van der Waals surface area contributed by atoms with E-state index < -0.39 is 19.6 Å². The van der Waals surface area contributed by atoms with Gasteiger partial charge in [-0.05, 0) is 41.5 Å². The van der Waals surface area contributed by atoms with Crippen molar-refractivity contribution in [1.29, 1.82) is 0 Å². The molecule has 0 saturated heterocycles. The number of carboxylic acid groups (broad SMARTS) is 1. The van der Waals surface area contributed by atoms with E-state index in [-0.39, 0.29) is 25.0 Å². The van der Waals surface area contributed by atoms with Crippen LogP contribution in [-0.2, 0) is 22.2 Å². The monoisotopic (exact) mass is 399 g/mol. The Morgan fingerprint density at radius 3 is 2.27 bits per heavy atom. The Labute approximate surface area is 158 Å². The Morgan fingerprint density at radius 1 is 1.08 bits per heavy atom. The molecule has 0 aliphatic heterocycles. The summed E-state index contributed by atoms with van der Waals surface area (Å²) in [6.07, 6.45) is 1.12. The van der Waals surface area contributed by atoms with E-state index in [1.54, 1.807) is 0 Å². The normalized spacial score (nSPS) is 12.3. The quantitative estimate of drug-likeness (QED) is 0.506.